The molecule has 3 atom stereocenters. The molecule has 3 aromatic rings. The molecule has 0 unspecified atom stereocenters. The summed E-state index contributed by atoms with van der Waals surface area (Å²) in [5.41, 5.74) is -4.45. The van der Waals surface area contributed by atoms with E-state index >= 15 is 0 Å². The van der Waals surface area contributed by atoms with E-state index < -0.39 is 51.5 Å². The maximum Gasteiger partial charge on any atom is 0.338 e. The zero-order valence-corrected chi connectivity index (χ0v) is 23.5. The Morgan fingerprint density at radius 3 is 2.27 bits per heavy atom. The van der Waals surface area contributed by atoms with E-state index in [1.807, 2.05) is 0 Å². The zero-order chi connectivity index (χ0) is 29.5. The van der Waals surface area contributed by atoms with Gasteiger partial charge in [-0.1, -0.05) is 40.2 Å². The van der Waals surface area contributed by atoms with Gasteiger partial charge in [0.1, 0.15) is 11.5 Å². The minimum Gasteiger partial charge on any atom is -0.508 e. The lowest BCUT2D eigenvalue weighted by Crippen LogP contribution is -2.61. The van der Waals surface area contributed by atoms with Crippen LogP contribution in [-0.2, 0) is 19.1 Å². The molecule has 0 aromatic heterocycles. The molecule has 41 heavy (non-hydrogen) atoms. The Bertz CT molecular complexity index is 1540. The third-order valence-electron chi connectivity index (χ3n) is 7.36. The number of halogens is 1. The average molecular weight is 625 g/mol. The molecule has 2 heterocycles. The molecule has 0 amide bonds. The lowest BCUT2D eigenvalue weighted by Gasteiger charge is -2.37. The number of ether oxygens (including phenoxy) is 3. The van der Waals surface area contributed by atoms with E-state index in [1.165, 1.54) is 0 Å². The second-order valence-electron chi connectivity index (χ2n) is 9.53. The molecule has 0 radical (unpaired) electrons. The number of nitrogens with zero attached hydrogens (tertiary/aromatic N) is 1. The van der Waals surface area contributed by atoms with Crippen LogP contribution in [-0.4, -0.2) is 52.1 Å². The highest BCUT2D eigenvalue weighted by Crippen LogP contribution is 2.60. The number of benzene rings is 3. The predicted octanol–water partition coefficient (Wildman–Crippen LogP) is 4.37. The number of aromatic hydroxyl groups is 1. The summed E-state index contributed by atoms with van der Waals surface area (Å²) in [6, 6.07) is 14.9. The molecule has 2 N–H and O–H groups in total. The van der Waals surface area contributed by atoms with Crippen LogP contribution in [0.1, 0.15) is 47.3 Å². The summed E-state index contributed by atoms with van der Waals surface area (Å²) in [6.07, 6.45) is 0. The Labute approximate surface area is 242 Å². The first-order chi connectivity index (χ1) is 19.6. The number of nitro benzene ring substituents is 1. The number of hydrogen-bond acceptors (Lipinski definition) is 10. The van der Waals surface area contributed by atoms with E-state index in [-0.39, 0.29) is 35.8 Å². The van der Waals surface area contributed by atoms with Crippen LogP contribution in [0.15, 0.2) is 71.2 Å². The minimum atomic E-state index is -2.36. The zero-order valence-electron chi connectivity index (χ0n) is 22.0. The van der Waals surface area contributed by atoms with E-state index in [1.54, 1.807) is 62.4 Å². The van der Waals surface area contributed by atoms with Crippen molar-refractivity contribution in [2.24, 2.45) is 0 Å². The molecule has 1 saturated heterocycles. The summed E-state index contributed by atoms with van der Waals surface area (Å²) >= 11 is 3.39. The van der Waals surface area contributed by atoms with Crippen LogP contribution in [0.25, 0.3) is 0 Å². The first-order valence-electron chi connectivity index (χ1n) is 12.8. The van der Waals surface area contributed by atoms with Gasteiger partial charge in [0.25, 0.3) is 5.69 Å². The molecular weight excluding hydrogens is 600 g/mol. The van der Waals surface area contributed by atoms with Crippen LogP contribution in [0.3, 0.4) is 0 Å². The Balaban J connectivity index is 1.89. The van der Waals surface area contributed by atoms with Crippen molar-refractivity contribution in [1.29, 1.82) is 0 Å². The number of Topliss-reactive ketones (excluding diaryl/α,β-unsaturated/α-hetero) is 1. The number of nitro groups is 1. The number of carbonyl (C=O) groups is 3. The molecule has 12 heteroatoms. The number of non-ortho nitro benzene ring substituents is 1. The van der Waals surface area contributed by atoms with Crippen molar-refractivity contribution >= 4 is 39.3 Å². The van der Waals surface area contributed by atoms with E-state index in [9.17, 15) is 29.6 Å². The molecule has 0 saturated carbocycles. The van der Waals surface area contributed by atoms with Gasteiger partial charge >= 0.3 is 11.9 Å². The van der Waals surface area contributed by atoms with Crippen LogP contribution in [0.2, 0.25) is 0 Å². The number of phenolic OH excluding ortho intramolecular Hbond substituents is 1. The standard InChI is InChI=1S/C29H25BrN2O9/c1-3-39-26(35)28(27(36)40-4-2)23(16-9-11-17(30)12-10-16)29(25(34)19-7-5-6-8-22(19)41-29)24(31-28)20-15-18(32(37)38)13-14-21(20)33/h5-15,23-24,31,33H,3-4H2,1-2H3/t23-,24-,29-/m1/s1. The van der Waals surface area contributed by atoms with Crippen LogP contribution in [0.4, 0.5) is 5.69 Å². The molecular formula is C29H25BrN2O9. The van der Waals surface area contributed by atoms with Crippen molar-refractivity contribution < 1.29 is 38.6 Å². The lowest BCUT2D eigenvalue weighted by atomic mass is 9.68. The summed E-state index contributed by atoms with van der Waals surface area (Å²) in [6.45, 7) is 2.91. The van der Waals surface area contributed by atoms with Crippen LogP contribution in [0.5, 0.6) is 11.5 Å². The molecule has 212 valence electrons. The molecule has 0 aliphatic carbocycles. The van der Waals surface area contributed by atoms with E-state index in [0.29, 0.717) is 10.0 Å². The van der Waals surface area contributed by atoms with Crippen molar-refractivity contribution in [2.75, 3.05) is 13.2 Å². The van der Waals surface area contributed by atoms with Crippen molar-refractivity contribution in [3.8, 4) is 11.5 Å². The quantitative estimate of drug-likeness (QED) is 0.167. The predicted molar refractivity (Wildman–Crippen MR) is 148 cm³/mol. The fraction of sp³-hybridized carbons (Fsp3) is 0.276. The lowest BCUT2D eigenvalue weighted by molar-refractivity contribution is -0.385. The van der Waals surface area contributed by atoms with Crippen LogP contribution >= 0.6 is 15.9 Å². The number of phenols is 1. The molecule has 1 fully saturated rings. The van der Waals surface area contributed by atoms with E-state index in [2.05, 4.69) is 21.2 Å². The van der Waals surface area contributed by atoms with Crippen LogP contribution < -0.4 is 10.1 Å². The van der Waals surface area contributed by atoms with Crippen molar-refractivity contribution in [3.05, 3.63) is 98.0 Å². The molecule has 2 aliphatic heterocycles. The second kappa shape index (κ2) is 10.6. The van der Waals surface area contributed by atoms with E-state index in [4.69, 9.17) is 14.2 Å². The van der Waals surface area contributed by atoms with Gasteiger partial charge in [-0.25, -0.2) is 9.59 Å². The summed E-state index contributed by atoms with van der Waals surface area (Å²) in [7, 11) is 0. The maximum absolute atomic E-state index is 14.5. The number of para-hydroxylation sites is 1. The van der Waals surface area contributed by atoms with Gasteiger partial charge in [-0.15, -0.1) is 0 Å². The van der Waals surface area contributed by atoms with Crippen LogP contribution in [0, 0.1) is 10.1 Å². The number of fused-ring (bicyclic) bond motifs is 1. The highest BCUT2D eigenvalue weighted by Gasteiger charge is 2.77. The van der Waals surface area contributed by atoms with E-state index in [0.717, 1.165) is 18.2 Å². The Hall–Kier alpha value is -4.29. The molecule has 11 nitrogen and oxygen atoms in total. The summed E-state index contributed by atoms with van der Waals surface area (Å²) in [5.74, 6) is -4.32. The second-order valence-corrected chi connectivity index (χ2v) is 10.4. The van der Waals surface area contributed by atoms with Gasteiger partial charge in [0.05, 0.1) is 35.7 Å². The Kier molecular flexibility index (Phi) is 7.30. The van der Waals surface area contributed by atoms with Crippen molar-refractivity contribution in [1.82, 2.24) is 5.32 Å². The summed E-state index contributed by atoms with van der Waals surface area (Å²) in [5, 5.41) is 25.7. The fourth-order valence-electron chi connectivity index (χ4n) is 5.74. The van der Waals surface area contributed by atoms with Gasteiger partial charge in [0, 0.05) is 22.2 Å². The summed E-state index contributed by atoms with van der Waals surface area (Å²) < 4.78 is 18.0. The van der Waals surface area contributed by atoms with Crippen molar-refractivity contribution in [2.45, 2.75) is 36.9 Å². The van der Waals surface area contributed by atoms with Gasteiger partial charge in [-0.2, -0.15) is 0 Å². The number of esters is 2. The topological polar surface area (TPSA) is 154 Å². The molecule has 3 aromatic carbocycles. The summed E-state index contributed by atoms with van der Waals surface area (Å²) in [4.78, 5) is 53.5. The number of nitrogens with one attached hydrogen (secondary N) is 1. The third kappa shape index (κ3) is 4.25. The molecule has 5 rings (SSSR count). The first-order valence-corrected chi connectivity index (χ1v) is 13.6. The third-order valence-corrected chi connectivity index (χ3v) is 7.89. The highest BCUT2D eigenvalue weighted by atomic mass is 79.9. The number of rotatable bonds is 7. The highest BCUT2D eigenvalue weighted by molar-refractivity contribution is 9.10. The smallest absolute Gasteiger partial charge is 0.338 e. The van der Waals surface area contributed by atoms with Gasteiger partial charge in [-0.05, 0) is 49.7 Å². The van der Waals surface area contributed by atoms with Gasteiger partial charge in [0.15, 0.2) is 0 Å². The largest absolute Gasteiger partial charge is 0.508 e. The van der Waals surface area contributed by atoms with Gasteiger partial charge < -0.3 is 19.3 Å². The van der Waals surface area contributed by atoms with Crippen molar-refractivity contribution in [3.63, 3.8) is 0 Å². The van der Waals surface area contributed by atoms with Gasteiger partial charge in [0.2, 0.25) is 16.9 Å². The van der Waals surface area contributed by atoms with Gasteiger partial charge in [-0.3, -0.25) is 20.2 Å². The first kappa shape index (κ1) is 28.2. The maximum atomic E-state index is 14.5. The molecule has 0 bridgehead atoms. The number of carbonyl (C=O) groups excluding carboxylic acids is 3. The minimum absolute atomic E-state index is 0.108. The number of hydrogen-bond donors (Lipinski definition) is 2. The monoisotopic (exact) mass is 624 g/mol. The Morgan fingerprint density at radius 1 is 1.05 bits per heavy atom. The fourth-order valence-corrected chi connectivity index (χ4v) is 6.01. The molecule has 2 aliphatic rings. The normalized spacial score (nSPS) is 22.2. The SMILES string of the molecule is CCOC(=O)C1(C(=O)OCC)N[C@H](c2cc([N+](=O)[O-])ccc2O)[C@]2(Oc3ccccc3C2=O)[C@@H]1c1ccc(Br)cc1. The Morgan fingerprint density at radius 2 is 1.68 bits per heavy atom. The average Bonchev–Trinajstić information content (AvgIpc) is 3.42. The molecule has 1 spiro atoms. The number of ketones is 1.